The van der Waals surface area contributed by atoms with Crippen LogP contribution in [0.3, 0.4) is 0 Å². The van der Waals surface area contributed by atoms with Gasteiger partial charge < -0.3 is 15.8 Å². The molecule has 1 unspecified atom stereocenters. The van der Waals surface area contributed by atoms with Crippen molar-refractivity contribution in [1.82, 2.24) is 15.1 Å². The lowest BCUT2D eigenvalue weighted by molar-refractivity contribution is -0.128. The molecule has 7 nitrogen and oxygen atoms in total. The van der Waals surface area contributed by atoms with Crippen molar-refractivity contribution in [2.24, 2.45) is 0 Å². The number of anilines is 1. The summed E-state index contributed by atoms with van der Waals surface area (Å²) in [5.41, 5.74) is 7.15. The molecule has 2 aromatic rings. The summed E-state index contributed by atoms with van der Waals surface area (Å²) in [7, 11) is 1.47. The Balaban J connectivity index is 2.10. The lowest BCUT2D eigenvalue weighted by atomic mass is 10.3. The molecule has 1 aromatic carbocycles. The van der Waals surface area contributed by atoms with Gasteiger partial charge in [0.1, 0.15) is 0 Å². The van der Waals surface area contributed by atoms with Crippen LogP contribution in [0.1, 0.15) is 17.4 Å². The zero-order valence-electron chi connectivity index (χ0n) is 11.7. The smallest absolute Gasteiger partial charge is 0.359 e. The average Bonchev–Trinajstić information content (AvgIpc) is 2.97. The van der Waals surface area contributed by atoms with Crippen molar-refractivity contribution in [3.05, 3.63) is 42.2 Å². The number of amides is 1. The minimum atomic E-state index is -0.871. The lowest BCUT2D eigenvalue weighted by Crippen LogP contribution is -2.33. The Kier molecular flexibility index (Phi) is 4.22. The Bertz CT molecular complexity index is 648. The number of likely N-dealkylation sites (N-methyl/N-ethyl adjacent to an activating group) is 1. The summed E-state index contributed by atoms with van der Waals surface area (Å²) in [5, 5.41) is 6.52. The molecule has 0 aliphatic heterocycles. The highest BCUT2D eigenvalue weighted by atomic mass is 16.5. The van der Waals surface area contributed by atoms with E-state index >= 15 is 0 Å². The molecule has 1 atom stereocenters. The third-order valence-corrected chi connectivity index (χ3v) is 2.86. The number of benzene rings is 1. The molecule has 7 heteroatoms. The fraction of sp³-hybridized carbons (Fsp3) is 0.214. The quantitative estimate of drug-likeness (QED) is 0.638. The topological polar surface area (TPSA) is 99.2 Å². The minimum Gasteiger partial charge on any atom is -0.448 e. The maximum Gasteiger partial charge on any atom is 0.359 e. The summed E-state index contributed by atoms with van der Waals surface area (Å²) in [6, 6.07) is 8.57. The van der Waals surface area contributed by atoms with E-state index in [4.69, 9.17) is 10.5 Å². The Labute approximate surface area is 121 Å². The van der Waals surface area contributed by atoms with E-state index in [1.54, 1.807) is 30.5 Å². The average molecular weight is 288 g/mol. The number of hydrogen-bond acceptors (Lipinski definition) is 5. The molecule has 0 aliphatic carbocycles. The van der Waals surface area contributed by atoms with Gasteiger partial charge in [-0.25, -0.2) is 9.48 Å². The Morgan fingerprint density at radius 1 is 1.29 bits per heavy atom. The van der Waals surface area contributed by atoms with Gasteiger partial charge >= 0.3 is 5.97 Å². The standard InChI is InChI=1S/C14H16N4O3/c1-9(13(19)16-2)21-14(20)12-7-8-18(17-12)11-5-3-10(15)4-6-11/h3-9H,15H2,1-2H3,(H,16,19). The molecule has 1 heterocycles. The lowest BCUT2D eigenvalue weighted by Gasteiger charge is -2.10. The number of aromatic nitrogens is 2. The molecule has 0 fully saturated rings. The number of nitrogens with two attached hydrogens (primary N) is 1. The summed E-state index contributed by atoms with van der Waals surface area (Å²) in [5.74, 6) is -1.03. The molecule has 0 bridgehead atoms. The zero-order chi connectivity index (χ0) is 15.4. The molecular weight excluding hydrogens is 272 g/mol. The molecular formula is C14H16N4O3. The minimum absolute atomic E-state index is 0.127. The molecule has 0 saturated carbocycles. The van der Waals surface area contributed by atoms with Crippen LogP contribution in [0.15, 0.2) is 36.5 Å². The Hall–Kier alpha value is -2.83. The fourth-order valence-corrected chi connectivity index (χ4v) is 1.68. The van der Waals surface area contributed by atoms with E-state index in [0.717, 1.165) is 5.69 Å². The van der Waals surface area contributed by atoms with E-state index in [0.29, 0.717) is 5.69 Å². The van der Waals surface area contributed by atoms with Crippen molar-refractivity contribution >= 4 is 17.6 Å². The van der Waals surface area contributed by atoms with E-state index in [2.05, 4.69) is 10.4 Å². The van der Waals surface area contributed by atoms with Crippen LogP contribution >= 0.6 is 0 Å². The molecule has 0 radical (unpaired) electrons. The highest BCUT2D eigenvalue weighted by molar-refractivity contribution is 5.90. The number of hydrogen-bond donors (Lipinski definition) is 2. The third kappa shape index (κ3) is 3.38. The van der Waals surface area contributed by atoms with Gasteiger partial charge in [-0.1, -0.05) is 0 Å². The predicted molar refractivity (Wildman–Crippen MR) is 76.9 cm³/mol. The normalized spacial score (nSPS) is 11.7. The van der Waals surface area contributed by atoms with Gasteiger partial charge in [0.15, 0.2) is 11.8 Å². The first kappa shape index (κ1) is 14.6. The second kappa shape index (κ2) is 6.08. The van der Waals surface area contributed by atoms with Crippen LogP contribution in [0, 0.1) is 0 Å². The van der Waals surface area contributed by atoms with Gasteiger partial charge in [0.05, 0.1) is 5.69 Å². The van der Waals surface area contributed by atoms with Crippen LogP contribution in [-0.4, -0.2) is 34.8 Å². The number of esters is 1. The SMILES string of the molecule is CNC(=O)C(C)OC(=O)c1ccn(-c2ccc(N)cc2)n1. The van der Waals surface area contributed by atoms with Crippen LogP contribution in [-0.2, 0) is 9.53 Å². The summed E-state index contributed by atoms with van der Waals surface area (Å²) < 4.78 is 6.54. The molecule has 3 N–H and O–H groups in total. The molecule has 1 amide bonds. The largest absolute Gasteiger partial charge is 0.448 e. The van der Waals surface area contributed by atoms with Gasteiger partial charge in [0.25, 0.3) is 5.91 Å². The number of nitrogen functional groups attached to an aromatic ring is 1. The van der Waals surface area contributed by atoms with Gasteiger partial charge in [-0.05, 0) is 37.3 Å². The molecule has 1 aromatic heterocycles. The second-order valence-electron chi connectivity index (χ2n) is 4.40. The number of rotatable bonds is 4. The zero-order valence-corrected chi connectivity index (χ0v) is 11.7. The number of ether oxygens (including phenoxy) is 1. The summed E-state index contributed by atoms with van der Waals surface area (Å²) >= 11 is 0. The van der Waals surface area contributed by atoms with E-state index in [9.17, 15) is 9.59 Å². The van der Waals surface area contributed by atoms with Crippen LogP contribution in [0.5, 0.6) is 0 Å². The monoisotopic (exact) mass is 288 g/mol. The van der Waals surface area contributed by atoms with Crippen LogP contribution in [0.25, 0.3) is 5.69 Å². The summed E-state index contributed by atoms with van der Waals surface area (Å²) in [6.45, 7) is 1.49. The summed E-state index contributed by atoms with van der Waals surface area (Å²) in [4.78, 5) is 23.2. The molecule has 110 valence electrons. The number of carbonyl (C=O) groups is 2. The molecule has 2 rings (SSSR count). The van der Waals surface area contributed by atoms with E-state index in [-0.39, 0.29) is 11.6 Å². The van der Waals surface area contributed by atoms with E-state index in [1.165, 1.54) is 24.7 Å². The van der Waals surface area contributed by atoms with Crippen molar-refractivity contribution in [2.45, 2.75) is 13.0 Å². The first-order valence-corrected chi connectivity index (χ1v) is 6.35. The molecule has 0 aliphatic rings. The fourth-order valence-electron chi connectivity index (χ4n) is 1.68. The van der Waals surface area contributed by atoms with Gasteiger partial charge in [-0.15, -0.1) is 0 Å². The molecule has 21 heavy (non-hydrogen) atoms. The predicted octanol–water partition coefficient (Wildman–Crippen LogP) is 0.746. The van der Waals surface area contributed by atoms with Crippen molar-refractivity contribution in [1.29, 1.82) is 0 Å². The van der Waals surface area contributed by atoms with Crippen LogP contribution in [0.4, 0.5) is 5.69 Å². The van der Waals surface area contributed by atoms with E-state index < -0.39 is 12.1 Å². The molecule has 0 spiro atoms. The van der Waals surface area contributed by atoms with Crippen LogP contribution in [0.2, 0.25) is 0 Å². The first-order chi connectivity index (χ1) is 10.0. The maximum absolute atomic E-state index is 11.9. The highest BCUT2D eigenvalue weighted by Crippen LogP contribution is 2.11. The number of nitrogens with zero attached hydrogens (tertiary/aromatic N) is 2. The number of nitrogens with one attached hydrogen (secondary N) is 1. The van der Waals surface area contributed by atoms with Crippen molar-refractivity contribution in [2.75, 3.05) is 12.8 Å². The van der Waals surface area contributed by atoms with Crippen LogP contribution < -0.4 is 11.1 Å². The van der Waals surface area contributed by atoms with Gasteiger partial charge in [0.2, 0.25) is 0 Å². The van der Waals surface area contributed by atoms with Gasteiger partial charge in [0, 0.05) is 18.9 Å². The summed E-state index contributed by atoms with van der Waals surface area (Å²) in [6.07, 6.45) is 0.760. The van der Waals surface area contributed by atoms with Crippen molar-refractivity contribution in [3.8, 4) is 5.69 Å². The Morgan fingerprint density at radius 2 is 1.95 bits per heavy atom. The third-order valence-electron chi connectivity index (χ3n) is 2.86. The first-order valence-electron chi connectivity index (χ1n) is 6.35. The maximum atomic E-state index is 11.9. The van der Waals surface area contributed by atoms with Gasteiger partial charge in [-0.2, -0.15) is 5.10 Å². The van der Waals surface area contributed by atoms with Crippen molar-refractivity contribution in [3.63, 3.8) is 0 Å². The Morgan fingerprint density at radius 3 is 2.57 bits per heavy atom. The molecule has 0 saturated heterocycles. The number of carbonyl (C=O) groups excluding carboxylic acids is 2. The highest BCUT2D eigenvalue weighted by Gasteiger charge is 2.19. The second-order valence-corrected chi connectivity index (χ2v) is 4.40. The van der Waals surface area contributed by atoms with E-state index in [1.807, 2.05) is 0 Å². The van der Waals surface area contributed by atoms with Crippen molar-refractivity contribution < 1.29 is 14.3 Å². The van der Waals surface area contributed by atoms with Gasteiger partial charge in [-0.3, -0.25) is 4.79 Å².